The number of aromatic nitrogens is 3. The number of hydrogen-bond donors (Lipinski definition) is 1. The zero-order chi connectivity index (χ0) is 13.5. The van der Waals surface area contributed by atoms with Crippen molar-refractivity contribution in [1.82, 2.24) is 20.1 Å². The van der Waals surface area contributed by atoms with Crippen molar-refractivity contribution in [2.75, 3.05) is 5.75 Å². The van der Waals surface area contributed by atoms with Gasteiger partial charge in [0.15, 0.2) is 0 Å². The molecule has 19 heavy (non-hydrogen) atoms. The van der Waals surface area contributed by atoms with Crippen LogP contribution in [0.1, 0.15) is 19.7 Å². The summed E-state index contributed by atoms with van der Waals surface area (Å²) >= 11 is 1.84. The Bertz CT molecular complexity index is 481. The average Bonchev–Trinajstić information content (AvgIpc) is 2.85. The molecule has 102 valence electrons. The Hall–Kier alpha value is -1.33. The third-order valence-corrected chi connectivity index (χ3v) is 3.67. The maximum Gasteiger partial charge on any atom is 0.140 e. The second-order valence-electron chi connectivity index (χ2n) is 4.60. The Kier molecular flexibility index (Phi) is 5.42. The first-order chi connectivity index (χ1) is 9.25. The molecule has 0 aliphatic heterocycles. The summed E-state index contributed by atoms with van der Waals surface area (Å²) < 4.78 is 1.98. The molecule has 0 saturated carbocycles. The van der Waals surface area contributed by atoms with Gasteiger partial charge in [-0.25, -0.2) is 9.67 Å². The van der Waals surface area contributed by atoms with Crippen molar-refractivity contribution in [3.63, 3.8) is 0 Å². The van der Waals surface area contributed by atoms with Gasteiger partial charge in [-0.15, -0.1) is 11.8 Å². The fraction of sp³-hybridized carbons (Fsp3) is 0.429. The average molecular weight is 276 g/mol. The van der Waals surface area contributed by atoms with Gasteiger partial charge < -0.3 is 5.32 Å². The predicted molar refractivity (Wildman–Crippen MR) is 79.2 cm³/mol. The number of hydrogen-bond acceptors (Lipinski definition) is 4. The van der Waals surface area contributed by atoms with Crippen molar-refractivity contribution < 1.29 is 0 Å². The highest BCUT2D eigenvalue weighted by atomic mass is 32.2. The summed E-state index contributed by atoms with van der Waals surface area (Å²) in [6.07, 6.45) is 1.63. The number of rotatable bonds is 7. The Morgan fingerprint density at radius 1 is 1.26 bits per heavy atom. The molecule has 2 aromatic rings. The zero-order valence-corrected chi connectivity index (χ0v) is 12.2. The Balaban J connectivity index is 1.81. The van der Waals surface area contributed by atoms with E-state index in [0.717, 1.165) is 24.7 Å². The number of aryl methyl sites for hydroxylation is 1. The molecule has 4 nitrogen and oxygen atoms in total. The first-order valence-corrected chi connectivity index (χ1v) is 7.52. The fourth-order valence-electron chi connectivity index (χ4n) is 1.67. The summed E-state index contributed by atoms with van der Waals surface area (Å²) in [6.45, 7) is 5.92. The molecular weight excluding hydrogens is 256 g/mol. The van der Waals surface area contributed by atoms with Crippen LogP contribution in [0.15, 0.2) is 41.6 Å². The van der Waals surface area contributed by atoms with Gasteiger partial charge in [-0.1, -0.05) is 32.0 Å². The fourth-order valence-corrected chi connectivity index (χ4v) is 2.52. The van der Waals surface area contributed by atoms with E-state index in [1.807, 2.05) is 22.5 Å². The first kappa shape index (κ1) is 14.1. The van der Waals surface area contributed by atoms with Gasteiger partial charge in [0.25, 0.3) is 0 Å². The van der Waals surface area contributed by atoms with Crippen LogP contribution in [0.3, 0.4) is 0 Å². The van der Waals surface area contributed by atoms with E-state index in [-0.39, 0.29) is 0 Å². The molecular formula is C14H20N4S. The van der Waals surface area contributed by atoms with E-state index in [1.54, 1.807) is 6.33 Å². The molecule has 1 N–H and O–H groups in total. The Morgan fingerprint density at radius 3 is 2.79 bits per heavy atom. The summed E-state index contributed by atoms with van der Waals surface area (Å²) in [7, 11) is 0. The van der Waals surface area contributed by atoms with Crippen LogP contribution in [0.5, 0.6) is 0 Å². The van der Waals surface area contributed by atoms with Gasteiger partial charge in [0.2, 0.25) is 0 Å². The number of benzene rings is 1. The van der Waals surface area contributed by atoms with Crippen LogP contribution >= 0.6 is 11.8 Å². The summed E-state index contributed by atoms with van der Waals surface area (Å²) in [4.78, 5) is 5.59. The molecule has 0 aliphatic rings. The molecule has 0 amide bonds. The summed E-state index contributed by atoms with van der Waals surface area (Å²) in [5.41, 5.74) is 0. The van der Waals surface area contributed by atoms with Crippen molar-refractivity contribution in [3.05, 3.63) is 42.5 Å². The molecule has 0 saturated heterocycles. The second kappa shape index (κ2) is 7.31. The lowest BCUT2D eigenvalue weighted by Gasteiger charge is -2.09. The maximum atomic E-state index is 4.29. The molecule has 0 unspecified atom stereocenters. The smallest absolute Gasteiger partial charge is 0.140 e. The van der Waals surface area contributed by atoms with Crippen LogP contribution in [0.2, 0.25) is 0 Å². The summed E-state index contributed by atoms with van der Waals surface area (Å²) in [5.74, 6) is 2.00. The van der Waals surface area contributed by atoms with E-state index in [1.165, 1.54) is 4.90 Å². The first-order valence-electron chi connectivity index (χ1n) is 6.53. The summed E-state index contributed by atoms with van der Waals surface area (Å²) in [6, 6.07) is 10.9. The third-order valence-electron chi connectivity index (χ3n) is 2.68. The molecule has 1 aromatic carbocycles. The topological polar surface area (TPSA) is 42.7 Å². The highest BCUT2D eigenvalue weighted by Gasteiger charge is 2.04. The van der Waals surface area contributed by atoms with E-state index >= 15 is 0 Å². The Labute approximate surface area is 118 Å². The van der Waals surface area contributed by atoms with E-state index in [0.29, 0.717) is 6.04 Å². The standard InChI is InChI=1S/C14H20N4S/c1-12(2)15-10-14-16-11-17-18(14)8-9-19-13-6-4-3-5-7-13/h3-7,11-12,15H,8-10H2,1-2H3. The highest BCUT2D eigenvalue weighted by molar-refractivity contribution is 7.99. The second-order valence-corrected chi connectivity index (χ2v) is 5.76. The SMILES string of the molecule is CC(C)NCc1ncnn1CCSc1ccccc1. The van der Waals surface area contributed by atoms with Crippen LogP contribution < -0.4 is 5.32 Å². The number of nitrogens with one attached hydrogen (secondary N) is 1. The van der Waals surface area contributed by atoms with E-state index < -0.39 is 0 Å². The molecule has 0 bridgehead atoms. The molecule has 0 aliphatic carbocycles. The van der Waals surface area contributed by atoms with Gasteiger partial charge in [0.1, 0.15) is 12.2 Å². The van der Waals surface area contributed by atoms with Crippen molar-refractivity contribution in [2.24, 2.45) is 0 Å². The zero-order valence-electron chi connectivity index (χ0n) is 11.4. The van der Waals surface area contributed by atoms with Gasteiger partial charge in [-0.05, 0) is 12.1 Å². The minimum atomic E-state index is 0.462. The minimum Gasteiger partial charge on any atom is -0.308 e. The summed E-state index contributed by atoms with van der Waals surface area (Å²) in [5, 5.41) is 7.64. The van der Waals surface area contributed by atoms with Crippen molar-refractivity contribution in [2.45, 2.75) is 37.9 Å². The highest BCUT2D eigenvalue weighted by Crippen LogP contribution is 2.17. The molecule has 0 atom stereocenters. The van der Waals surface area contributed by atoms with Crippen LogP contribution in [0.4, 0.5) is 0 Å². The van der Waals surface area contributed by atoms with Crippen LogP contribution in [0, 0.1) is 0 Å². The minimum absolute atomic E-state index is 0.462. The molecule has 2 rings (SSSR count). The predicted octanol–water partition coefficient (Wildman–Crippen LogP) is 2.57. The van der Waals surface area contributed by atoms with Crippen molar-refractivity contribution in [1.29, 1.82) is 0 Å². The van der Waals surface area contributed by atoms with E-state index in [9.17, 15) is 0 Å². The molecule has 1 aromatic heterocycles. The maximum absolute atomic E-state index is 4.29. The normalized spacial score (nSPS) is 11.1. The molecule has 0 radical (unpaired) electrons. The monoisotopic (exact) mass is 276 g/mol. The molecule has 1 heterocycles. The van der Waals surface area contributed by atoms with Crippen LogP contribution in [-0.4, -0.2) is 26.6 Å². The molecule has 5 heteroatoms. The largest absolute Gasteiger partial charge is 0.308 e. The van der Waals surface area contributed by atoms with Crippen molar-refractivity contribution >= 4 is 11.8 Å². The quantitative estimate of drug-likeness (QED) is 0.789. The van der Waals surface area contributed by atoms with Crippen LogP contribution in [-0.2, 0) is 13.1 Å². The lowest BCUT2D eigenvalue weighted by atomic mass is 10.4. The van der Waals surface area contributed by atoms with Gasteiger partial charge in [-0.3, -0.25) is 0 Å². The lowest BCUT2D eigenvalue weighted by molar-refractivity contribution is 0.534. The third kappa shape index (κ3) is 4.69. The van der Waals surface area contributed by atoms with Crippen LogP contribution in [0.25, 0.3) is 0 Å². The molecule has 0 fully saturated rings. The van der Waals surface area contributed by atoms with Gasteiger partial charge >= 0.3 is 0 Å². The van der Waals surface area contributed by atoms with E-state index in [2.05, 4.69) is 53.5 Å². The van der Waals surface area contributed by atoms with Crippen molar-refractivity contribution in [3.8, 4) is 0 Å². The number of thioether (sulfide) groups is 1. The number of nitrogens with zero attached hydrogens (tertiary/aromatic N) is 3. The van der Waals surface area contributed by atoms with Gasteiger partial charge in [-0.2, -0.15) is 5.10 Å². The van der Waals surface area contributed by atoms with E-state index in [4.69, 9.17) is 0 Å². The van der Waals surface area contributed by atoms with Gasteiger partial charge in [0.05, 0.1) is 13.1 Å². The van der Waals surface area contributed by atoms with Gasteiger partial charge in [0, 0.05) is 16.7 Å². The Morgan fingerprint density at radius 2 is 2.05 bits per heavy atom. The molecule has 0 spiro atoms. The lowest BCUT2D eigenvalue weighted by Crippen LogP contribution is -2.24.